The van der Waals surface area contributed by atoms with Crippen molar-refractivity contribution in [3.8, 4) is 0 Å². The third-order valence-electron chi connectivity index (χ3n) is 3.92. The highest BCUT2D eigenvalue weighted by atomic mass is 16.1. The number of carbonyl (C=O) groups is 1. The van der Waals surface area contributed by atoms with E-state index in [4.69, 9.17) is 0 Å². The number of nitrogens with one attached hydrogen (secondary N) is 1. The van der Waals surface area contributed by atoms with E-state index in [9.17, 15) is 4.79 Å². The number of benzene rings is 2. The summed E-state index contributed by atoms with van der Waals surface area (Å²) in [5, 5.41) is 2.92. The highest BCUT2D eigenvalue weighted by Gasteiger charge is 2.12. The average molecular weight is 307 g/mol. The second-order valence-corrected chi connectivity index (χ2v) is 6.85. The van der Waals surface area contributed by atoms with Crippen LogP contribution in [0.5, 0.6) is 0 Å². The van der Waals surface area contributed by atoms with Gasteiger partial charge in [-0.3, -0.25) is 4.79 Å². The summed E-state index contributed by atoms with van der Waals surface area (Å²) in [4.78, 5) is 11.9. The molecule has 1 N–H and O–H groups in total. The van der Waals surface area contributed by atoms with E-state index in [0.29, 0.717) is 6.54 Å². The largest absolute Gasteiger partial charge is 0.348 e. The fourth-order valence-electron chi connectivity index (χ4n) is 2.32. The lowest BCUT2D eigenvalue weighted by Crippen LogP contribution is -2.20. The molecule has 0 fully saturated rings. The Balaban J connectivity index is 1.92. The Morgan fingerprint density at radius 2 is 1.70 bits per heavy atom. The molecule has 2 nitrogen and oxygen atoms in total. The number of hydrogen-bond acceptors (Lipinski definition) is 1. The van der Waals surface area contributed by atoms with Gasteiger partial charge in [-0.05, 0) is 40.7 Å². The zero-order valence-corrected chi connectivity index (χ0v) is 14.4. The molecule has 0 aliphatic rings. The molecule has 23 heavy (non-hydrogen) atoms. The van der Waals surface area contributed by atoms with Crippen molar-refractivity contribution in [2.45, 2.75) is 39.7 Å². The molecule has 0 atom stereocenters. The summed E-state index contributed by atoms with van der Waals surface area (Å²) in [6.07, 6.45) is 3.43. The zero-order valence-electron chi connectivity index (χ0n) is 14.4. The first-order valence-electron chi connectivity index (χ1n) is 7.97. The van der Waals surface area contributed by atoms with E-state index in [1.165, 1.54) is 11.1 Å². The van der Waals surface area contributed by atoms with E-state index in [1.807, 2.05) is 49.4 Å². The summed E-state index contributed by atoms with van der Waals surface area (Å²) in [7, 11) is 0. The van der Waals surface area contributed by atoms with E-state index in [0.717, 1.165) is 11.1 Å². The molecule has 0 unspecified atom stereocenters. The maximum Gasteiger partial charge on any atom is 0.244 e. The molecule has 0 saturated carbocycles. The zero-order chi connectivity index (χ0) is 16.9. The molecule has 120 valence electrons. The van der Waals surface area contributed by atoms with Crippen LogP contribution in [0.1, 0.15) is 43.0 Å². The van der Waals surface area contributed by atoms with E-state index in [2.05, 4.69) is 38.2 Å². The Kier molecular flexibility index (Phi) is 5.38. The standard InChI is InChI=1S/C21H25NO/c1-16-7-5-6-8-18(16)15-22-20(23)14-11-17-9-12-19(13-10-17)21(2,3)4/h5-14H,15H2,1-4H3,(H,22,23)/b14-11+. The first-order chi connectivity index (χ1) is 10.9. The third-order valence-corrected chi connectivity index (χ3v) is 3.92. The van der Waals surface area contributed by atoms with Crippen LogP contribution in [0.2, 0.25) is 0 Å². The van der Waals surface area contributed by atoms with E-state index < -0.39 is 0 Å². The summed E-state index contributed by atoms with van der Waals surface area (Å²) in [6.45, 7) is 9.18. The molecule has 0 spiro atoms. The van der Waals surface area contributed by atoms with E-state index in [-0.39, 0.29) is 11.3 Å². The second kappa shape index (κ2) is 7.28. The van der Waals surface area contributed by atoms with Gasteiger partial charge in [-0.1, -0.05) is 69.3 Å². The molecule has 0 bridgehead atoms. The van der Waals surface area contributed by atoms with Crippen molar-refractivity contribution in [2.24, 2.45) is 0 Å². The first-order valence-corrected chi connectivity index (χ1v) is 7.97. The lowest BCUT2D eigenvalue weighted by atomic mass is 9.87. The minimum atomic E-state index is -0.0758. The van der Waals surface area contributed by atoms with Crippen LogP contribution in [0.4, 0.5) is 0 Å². The average Bonchev–Trinajstić information content (AvgIpc) is 2.51. The van der Waals surface area contributed by atoms with Gasteiger partial charge in [-0.15, -0.1) is 0 Å². The fraction of sp³-hybridized carbons (Fsp3) is 0.286. The highest BCUT2D eigenvalue weighted by Crippen LogP contribution is 2.22. The van der Waals surface area contributed by atoms with Gasteiger partial charge < -0.3 is 5.32 Å². The van der Waals surface area contributed by atoms with Gasteiger partial charge in [0.1, 0.15) is 0 Å². The smallest absolute Gasteiger partial charge is 0.244 e. The Bertz CT molecular complexity index is 691. The van der Waals surface area contributed by atoms with Crippen LogP contribution in [0.3, 0.4) is 0 Å². The summed E-state index contributed by atoms with van der Waals surface area (Å²) < 4.78 is 0. The minimum Gasteiger partial charge on any atom is -0.348 e. The lowest BCUT2D eigenvalue weighted by Gasteiger charge is -2.18. The second-order valence-electron chi connectivity index (χ2n) is 6.85. The van der Waals surface area contributed by atoms with Crippen molar-refractivity contribution in [3.05, 3.63) is 76.9 Å². The number of rotatable bonds is 4. The van der Waals surface area contributed by atoms with Crippen molar-refractivity contribution in [2.75, 3.05) is 0 Å². The molecule has 2 aromatic carbocycles. The van der Waals surface area contributed by atoms with E-state index in [1.54, 1.807) is 6.08 Å². The van der Waals surface area contributed by atoms with Crippen LogP contribution in [0.15, 0.2) is 54.6 Å². The summed E-state index contributed by atoms with van der Waals surface area (Å²) in [5.74, 6) is -0.0758. The lowest BCUT2D eigenvalue weighted by molar-refractivity contribution is -0.116. The molecule has 0 radical (unpaired) electrons. The van der Waals surface area contributed by atoms with Crippen molar-refractivity contribution >= 4 is 12.0 Å². The summed E-state index contributed by atoms with van der Waals surface area (Å²) in [5.41, 5.74) is 4.80. The number of hydrogen-bond donors (Lipinski definition) is 1. The van der Waals surface area contributed by atoms with Gasteiger partial charge in [-0.25, -0.2) is 0 Å². The molecule has 2 heteroatoms. The van der Waals surface area contributed by atoms with Gasteiger partial charge in [0.2, 0.25) is 5.91 Å². The van der Waals surface area contributed by atoms with Gasteiger partial charge in [0, 0.05) is 12.6 Å². The van der Waals surface area contributed by atoms with Crippen LogP contribution < -0.4 is 5.32 Å². The van der Waals surface area contributed by atoms with Gasteiger partial charge in [0.15, 0.2) is 0 Å². The fourth-order valence-corrected chi connectivity index (χ4v) is 2.32. The van der Waals surface area contributed by atoms with Crippen LogP contribution >= 0.6 is 0 Å². The van der Waals surface area contributed by atoms with Crippen LogP contribution in [-0.2, 0) is 16.8 Å². The monoisotopic (exact) mass is 307 g/mol. The van der Waals surface area contributed by atoms with Gasteiger partial charge in [0.25, 0.3) is 0 Å². The third kappa shape index (κ3) is 5.10. The Morgan fingerprint density at radius 3 is 2.30 bits per heavy atom. The number of aryl methyl sites for hydroxylation is 1. The van der Waals surface area contributed by atoms with E-state index >= 15 is 0 Å². The predicted octanol–water partition coefficient (Wildman–Crippen LogP) is 4.62. The van der Waals surface area contributed by atoms with Crippen molar-refractivity contribution in [3.63, 3.8) is 0 Å². The minimum absolute atomic E-state index is 0.0758. The molecule has 0 aromatic heterocycles. The molecule has 0 aliphatic heterocycles. The Morgan fingerprint density at radius 1 is 1.04 bits per heavy atom. The van der Waals surface area contributed by atoms with Crippen molar-refractivity contribution in [1.82, 2.24) is 5.32 Å². The molecule has 2 rings (SSSR count). The SMILES string of the molecule is Cc1ccccc1CNC(=O)/C=C/c1ccc(C(C)(C)C)cc1. The molecule has 2 aromatic rings. The molecular weight excluding hydrogens is 282 g/mol. The van der Waals surface area contributed by atoms with Crippen LogP contribution in [0.25, 0.3) is 6.08 Å². The molecule has 0 heterocycles. The van der Waals surface area contributed by atoms with Crippen LogP contribution in [0, 0.1) is 6.92 Å². The highest BCUT2D eigenvalue weighted by molar-refractivity contribution is 5.91. The Hall–Kier alpha value is -2.35. The van der Waals surface area contributed by atoms with Gasteiger partial charge in [0.05, 0.1) is 0 Å². The summed E-state index contributed by atoms with van der Waals surface area (Å²) in [6, 6.07) is 16.4. The maximum atomic E-state index is 11.9. The molecule has 0 aliphatic carbocycles. The topological polar surface area (TPSA) is 29.1 Å². The summed E-state index contributed by atoms with van der Waals surface area (Å²) >= 11 is 0. The van der Waals surface area contributed by atoms with Crippen LogP contribution in [-0.4, -0.2) is 5.91 Å². The molecule has 0 saturated heterocycles. The first kappa shape index (κ1) is 17.0. The molecular formula is C21H25NO. The van der Waals surface area contributed by atoms with Crippen molar-refractivity contribution in [1.29, 1.82) is 0 Å². The molecule has 1 amide bonds. The number of carbonyl (C=O) groups excluding carboxylic acids is 1. The Labute approximate surface area is 139 Å². The normalized spacial score (nSPS) is 11.7. The predicted molar refractivity (Wildman–Crippen MR) is 97.2 cm³/mol. The van der Waals surface area contributed by atoms with Crippen molar-refractivity contribution < 1.29 is 4.79 Å². The number of amides is 1. The van der Waals surface area contributed by atoms with Gasteiger partial charge in [-0.2, -0.15) is 0 Å². The quantitative estimate of drug-likeness (QED) is 0.820. The van der Waals surface area contributed by atoms with Gasteiger partial charge >= 0.3 is 0 Å². The maximum absolute atomic E-state index is 11.9.